The highest BCUT2D eigenvalue weighted by Gasteiger charge is 2.31. The Morgan fingerprint density at radius 1 is 0.926 bits per heavy atom. The average Bonchev–Trinajstić information content (AvgIpc) is 3.03. The Balaban J connectivity index is 1.40. The molecule has 27 heavy (non-hydrogen) atoms. The Labute approximate surface area is 157 Å². The van der Waals surface area contributed by atoms with Gasteiger partial charge in [0.05, 0.1) is 0 Å². The molecule has 3 aromatic carbocycles. The molecule has 0 saturated carbocycles. The molecule has 0 fully saturated rings. The molecule has 4 nitrogen and oxygen atoms in total. The summed E-state index contributed by atoms with van der Waals surface area (Å²) < 4.78 is 5.74. The van der Waals surface area contributed by atoms with Crippen LogP contribution < -0.4 is 10.1 Å². The number of amides is 1. The second-order valence-electron chi connectivity index (χ2n) is 6.55. The summed E-state index contributed by atoms with van der Waals surface area (Å²) >= 11 is 0. The maximum absolute atomic E-state index is 12.5. The number of fused-ring (bicyclic) bond motifs is 1. The molecule has 1 amide bonds. The van der Waals surface area contributed by atoms with Crippen LogP contribution in [0, 0.1) is 0 Å². The highest BCUT2D eigenvalue weighted by atomic mass is 16.5. The lowest BCUT2D eigenvalue weighted by Gasteiger charge is -2.13. The number of benzene rings is 3. The van der Waals surface area contributed by atoms with Crippen molar-refractivity contribution in [1.29, 1.82) is 0 Å². The maximum atomic E-state index is 12.5. The third-order valence-electron chi connectivity index (χ3n) is 4.69. The van der Waals surface area contributed by atoms with Gasteiger partial charge in [0.1, 0.15) is 18.4 Å². The molecule has 1 aliphatic carbocycles. The number of rotatable bonds is 5. The molecule has 1 atom stereocenters. The molecule has 0 saturated heterocycles. The van der Waals surface area contributed by atoms with Gasteiger partial charge in [-0.05, 0) is 41.0 Å². The van der Waals surface area contributed by atoms with Gasteiger partial charge in [0, 0.05) is 12.0 Å². The number of carbonyl (C=O) groups is 2. The minimum absolute atomic E-state index is 0.0207. The molecule has 0 radical (unpaired) electrons. The van der Waals surface area contributed by atoms with Gasteiger partial charge in [0.2, 0.25) is 0 Å². The molecule has 0 aliphatic heterocycles. The quantitative estimate of drug-likeness (QED) is 0.754. The fourth-order valence-corrected chi connectivity index (χ4v) is 3.26. The van der Waals surface area contributed by atoms with E-state index in [1.807, 2.05) is 54.6 Å². The molecule has 1 aliphatic rings. The number of ether oxygens (including phenoxy) is 1. The molecule has 134 valence electrons. The fourth-order valence-electron chi connectivity index (χ4n) is 3.26. The molecular weight excluding hydrogens is 338 g/mol. The summed E-state index contributed by atoms with van der Waals surface area (Å²) in [6.07, 6.45) is 0.368. The van der Waals surface area contributed by atoms with Gasteiger partial charge in [0.15, 0.2) is 5.78 Å². The van der Waals surface area contributed by atoms with E-state index in [0.717, 1.165) is 16.7 Å². The lowest BCUT2D eigenvalue weighted by atomic mass is 10.1. The summed E-state index contributed by atoms with van der Waals surface area (Å²) in [6.45, 7) is 0.472. The molecule has 0 bridgehead atoms. The van der Waals surface area contributed by atoms with Crippen molar-refractivity contribution < 1.29 is 14.3 Å². The summed E-state index contributed by atoms with van der Waals surface area (Å²) in [5.74, 6) is 0.449. The van der Waals surface area contributed by atoms with Crippen molar-refractivity contribution in [2.75, 3.05) is 0 Å². The lowest BCUT2D eigenvalue weighted by Crippen LogP contribution is -2.31. The Hall–Kier alpha value is -3.40. The fraction of sp³-hybridized carbons (Fsp3) is 0.130. The summed E-state index contributed by atoms with van der Waals surface area (Å²) in [4.78, 5) is 24.8. The predicted molar refractivity (Wildman–Crippen MR) is 103 cm³/mol. The second-order valence-corrected chi connectivity index (χ2v) is 6.55. The van der Waals surface area contributed by atoms with Gasteiger partial charge in [-0.2, -0.15) is 0 Å². The second kappa shape index (κ2) is 7.46. The van der Waals surface area contributed by atoms with Crippen LogP contribution in [0.1, 0.15) is 33.1 Å². The number of ketones is 1. The standard InChI is InChI=1S/C23H19NO3/c25-21-14-18-8-4-5-9-20(18)22(21)24-23(26)17-10-12-19(13-11-17)27-15-16-6-2-1-3-7-16/h1-13,22H,14-15H2,(H,24,26). The van der Waals surface area contributed by atoms with E-state index in [4.69, 9.17) is 4.74 Å². The van der Waals surface area contributed by atoms with E-state index in [-0.39, 0.29) is 11.7 Å². The molecule has 1 unspecified atom stereocenters. The minimum Gasteiger partial charge on any atom is -0.489 e. The zero-order valence-electron chi connectivity index (χ0n) is 14.7. The number of Topliss-reactive ketones (excluding diaryl/α,β-unsaturated/α-hetero) is 1. The van der Waals surface area contributed by atoms with Crippen LogP contribution in [-0.2, 0) is 17.8 Å². The maximum Gasteiger partial charge on any atom is 0.252 e. The average molecular weight is 357 g/mol. The third kappa shape index (κ3) is 3.75. The van der Waals surface area contributed by atoms with Crippen LogP contribution in [0.5, 0.6) is 5.75 Å². The Bertz CT molecular complexity index is 964. The number of carbonyl (C=O) groups excluding carboxylic acids is 2. The predicted octanol–water partition coefficient (Wildman–Crippen LogP) is 3.86. The van der Waals surface area contributed by atoms with Gasteiger partial charge in [0.25, 0.3) is 5.91 Å². The Kier molecular flexibility index (Phi) is 4.71. The smallest absolute Gasteiger partial charge is 0.252 e. The highest BCUT2D eigenvalue weighted by Crippen LogP contribution is 2.28. The molecule has 1 N–H and O–H groups in total. The van der Waals surface area contributed by atoms with Crippen LogP contribution in [0.25, 0.3) is 0 Å². The monoisotopic (exact) mass is 357 g/mol. The van der Waals surface area contributed by atoms with Gasteiger partial charge < -0.3 is 10.1 Å². The van der Waals surface area contributed by atoms with E-state index in [9.17, 15) is 9.59 Å². The van der Waals surface area contributed by atoms with Gasteiger partial charge in [-0.25, -0.2) is 0 Å². The lowest BCUT2D eigenvalue weighted by molar-refractivity contribution is -0.119. The molecular formula is C23H19NO3. The van der Waals surface area contributed by atoms with Crippen LogP contribution in [0.4, 0.5) is 0 Å². The number of hydrogen-bond donors (Lipinski definition) is 1. The first kappa shape index (κ1) is 17.0. The Morgan fingerprint density at radius 3 is 2.41 bits per heavy atom. The van der Waals surface area contributed by atoms with Crippen molar-refractivity contribution in [2.45, 2.75) is 19.1 Å². The first-order valence-corrected chi connectivity index (χ1v) is 8.89. The van der Waals surface area contributed by atoms with Gasteiger partial charge in [-0.3, -0.25) is 9.59 Å². The summed E-state index contributed by atoms with van der Waals surface area (Å²) in [6, 6.07) is 23.9. The van der Waals surface area contributed by atoms with E-state index < -0.39 is 6.04 Å². The SMILES string of the molecule is O=C(NC1C(=O)Cc2ccccc21)c1ccc(OCc2ccccc2)cc1. The van der Waals surface area contributed by atoms with E-state index in [2.05, 4.69) is 5.32 Å². The number of nitrogens with one attached hydrogen (secondary N) is 1. The van der Waals surface area contributed by atoms with Crippen molar-refractivity contribution in [1.82, 2.24) is 5.32 Å². The van der Waals surface area contributed by atoms with Gasteiger partial charge in [-0.1, -0.05) is 54.6 Å². The van der Waals surface area contributed by atoms with Crippen LogP contribution in [-0.4, -0.2) is 11.7 Å². The molecule has 0 aromatic heterocycles. The van der Waals surface area contributed by atoms with E-state index in [1.54, 1.807) is 24.3 Å². The zero-order valence-corrected chi connectivity index (χ0v) is 14.7. The normalized spacial score (nSPS) is 15.3. The van der Waals surface area contributed by atoms with Gasteiger partial charge >= 0.3 is 0 Å². The molecule has 4 heteroatoms. The summed E-state index contributed by atoms with van der Waals surface area (Å²) in [7, 11) is 0. The van der Waals surface area contributed by atoms with Crippen LogP contribution in [0.15, 0.2) is 78.9 Å². The molecule has 0 spiro atoms. The zero-order chi connectivity index (χ0) is 18.6. The third-order valence-corrected chi connectivity index (χ3v) is 4.69. The van der Waals surface area contributed by atoms with E-state index in [1.165, 1.54) is 0 Å². The van der Waals surface area contributed by atoms with E-state index >= 15 is 0 Å². The van der Waals surface area contributed by atoms with Crippen molar-refractivity contribution >= 4 is 11.7 Å². The molecule has 4 rings (SSSR count). The van der Waals surface area contributed by atoms with Crippen LogP contribution in [0.2, 0.25) is 0 Å². The van der Waals surface area contributed by atoms with Crippen molar-refractivity contribution in [2.24, 2.45) is 0 Å². The number of hydrogen-bond acceptors (Lipinski definition) is 3. The molecule has 0 heterocycles. The van der Waals surface area contributed by atoms with Crippen LogP contribution >= 0.6 is 0 Å². The van der Waals surface area contributed by atoms with Crippen molar-refractivity contribution in [3.63, 3.8) is 0 Å². The highest BCUT2D eigenvalue weighted by molar-refractivity contribution is 6.00. The first-order chi connectivity index (χ1) is 13.2. The minimum atomic E-state index is -0.567. The van der Waals surface area contributed by atoms with E-state index in [0.29, 0.717) is 24.3 Å². The van der Waals surface area contributed by atoms with Crippen LogP contribution in [0.3, 0.4) is 0 Å². The summed E-state index contributed by atoms with van der Waals surface area (Å²) in [5.41, 5.74) is 3.45. The topological polar surface area (TPSA) is 55.4 Å². The van der Waals surface area contributed by atoms with Gasteiger partial charge in [-0.15, -0.1) is 0 Å². The Morgan fingerprint density at radius 2 is 1.63 bits per heavy atom. The first-order valence-electron chi connectivity index (χ1n) is 8.89. The largest absolute Gasteiger partial charge is 0.489 e. The molecule has 3 aromatic rings. The van der Waals surface area contributed by atoms with Crippen molar-refractivity contribution in [3.05, 3.63) is 101 Å². The summed E-state index contributed by atoms with van der Waals surface area (Å²) in [5, 5.41) is 2.85. The van der Waals surface area contributed by atoms with Crippen molar-refractivity contribution in [3.8, 4) is 5.75 Å².